The van der Waals surface area contributed by atoms with Crippen molar-refractivity contribution in [3.8, 4) is 5.69 Å². The van der Waals surface area contributed by atoms with Gasteiger partial charge in [-0.1, -0.05) is 59.6 Å². The van der Waals surface area contributed by atoms with Crippen LogP contribution in [0.3, 0.4) is 0 Å². The van der Waals surface area contributed by atoms with Crippen LogP contribution in [0.2, 0.25) is 5.02 Å². The van der Waals surface area contributed by atoms with E-state index in [0.29, 0.717) is 47.0 Å². The van der Waals surface area contributed by atoms with Crippen molar-refractivity contribution in [2.75, 3.05) is 6.54 Å². The normalized spacial score (nSPS) is 17.2. The van der Waals surface area contributed by atoms with Crippen LogP contribution in [-0.4, -0.2) is 44.1 Å². The van der Waals surface area contributed by atoms with Crippen LogP contribution in [0, 0.1) is 0 Å². The van der Waals surface area contributed by atoms with Gasteiger partial charge in [-0.05, 0) is 97.9 Å². The highest BCUT2D eigenvalue weighted by Crippen LogP contribution is 2.37. The first-order chi connectivity index (χ1) is 23.9. The predicted molar refractivity (Wildman–Crippen MR) is 189 cm³/mol. The zero-order valence-corrected chi connectivity index (χ0v) is 27.9. The number of nitrogens with zero attached hydrogens (tertiary/aromatic N) is 4. The van der Waals surface area contributed by atoms with Gasteiger partial charge in [0.25, 0.3) is 5.91 Å². The van der Waals surface area contributed by atoms with Crippen LogP contribution in [0.4, 0.5) is 0 Å². The van der Waals surface area contributed by atoms with Gasteiger partial charge in [-0.15, -0.1) is 0 Å². The lowest BCUT2D eigenvalue weighted by atomic mass is 9.79. The van der Waals surface area contributed by atoms with Crippen LogP contribution in [0.5, 0.6) is 0 Å². The summed E-state index contributed by atoms with van der Waals surface area (Å²) in [5.74, 6) is 0.168. The number of likely N-dealkylation sites (tertiary alicyclic amines) is 1. The fourth-order valence-electron chi connectivity index (χ4n) is 7.07. The number of halogens is 1. The Balaban J connectivity index is 1.08. The fourth-order valence-corrected chi connectivity index (χ4v) is 7.19. The molecule has 250 valence electrons. The van der Waals surface area contributed by atoms with Gasteiger partial charge in [-0.2, -0.15) is 5.10 Å². The molecule has 3 aromatic carbocycles. The molecule has 3 heterocycles. The first kappa shape index (κ1) is 32.5. The number of carbonyl (C=O) groups excluding carboxylic acids is 2. The van der Waals surface area contributed by atoms with Crippen molar-refractivity contribution in [2.45, 2.75) is 69.9 Å². The maximum Gasteiger partial charge on any atom is 0.287 e. The van der Waals surface area contributed by atoms with Crippen molar-refractivity contribution in [3.05, 3.63) is 135 Å². The van der Waals surface area contributed by atoms with E-state index in [-0.39, 0.29) is 23.1 Å². The van der Waals surface area contributed by atoms with Crippen molar-refractivity contribution in [2.24, 2.45) is 0 Å². The molecule has 1 atom stereocenters. The molecule has 1 aliphatic carbocycles. The number of hydrogen-bond donors (Lipinski definition) is 1. The topological polar surface area (TPSA) is 110 Å². The van der Waals surface area contributed by atoms with Gasteiger partial charge in [-0.3, -0.25) is 14.4 Å². The van der Waals surface area contributed by atoms with E-state index in [1.54, 1.807) is 29.2 Å². The van der Waals surface area contributed by atoms with E-state index in [0.717, 1.165) is 50.6 Å². The monoisotopic (exact) mass is 675 g/mol. The Morgan fingerprint density at radius 1 is 1.00 bits per heavy atom. The highest BCUT2D eigenvalue weighted by atomic mass is 35.5. The van der Waals surface area contributed by atoms with Crippen molar-refractivity contribution in [1.29, 1.82) is 0 Å². The third kappa shape index (κ3) is 7.67. The van der Waals surface area contributed by atoms with E-state index in [2.05, 4.69) is 45.7 Å². The smallest absolute Gasteiger partial charge is 0.287 e. The van der Waals surface area contributed by atoms with E-state index in [4.69, 9.17) is 16.0 Å². The minimum atomic E-state index is -0.454. The summed E-state index contributed by atoms with van der Waals surface area (Å²) in [6.45, 7) is 1.51. The Bertz CT molecular complexity index is 2040. The zero-order valence-electron chi connectivity index (χ0n) is 27.2. The van der Waals surface area contributed by atoms with Gasteiger partial charge in [0.05, 0.1) is 17.1 Å². The molecule has 9 nitrogen and oxygen atoms in total. The number of fused-ring (bicyclic) bond motifs is 1. The highest BCUT2D eigenvalue weighted by molar-refractivity contribution is 6.30. The third-order valence-corrected chi connectivity index (χ3v) is 9.90. The molecule has 2 fully saturated rings. The predicted octanol–water partition coefficient (Wildman–Crippen LogP) is 7.16. The Morgan fingerprint density at radius 2 is 1.82 bits per heavy atom. The molecule has 0 unspecified atom stereocenters. The first-order valence-corrected chi connectivity index (χ1v) is 17.3. The number of aromatic nitrogens is 3. The standard InChI is InChI=1S/C39H38ClN5O4/c40-30-14-10-27(11-15-30)20-31(43-39(48)37-22-35(46)34-21-32(16-17-36(34)49-37)45-25-41-24-42-45)19-26-8-12-28(13-9-26)33-6-2-1-5-29(33)23-44-18-4-3-7-38(44)47/h1-2,5-6,10-11,14-17,19,21-22,24-25,28,31H,3-4,7-9,12-13,18,20,23H2,(H,43,48)/t28?,31-/m1/s1. The van der Waals surface area contributed by atoms with Gasteiger partial charge in [-0.25, -0.2) is 9.67 Å². The fraction of sp³-hybridized carbons (Fsp3) is 0.308. The van der Waals surface area contributed by atoms with Crippen LogP contribution in [-0.2, 0) is 17.8 Å². The number of hydrogen-bond acceptors (Lipinski definition) is 6. The van der Waals surface area contributed by atoms with Gasteiger partial charge in [0, 0.05) is 30.6 Å². The van der Waals surface area contributed by atoms with Gasteiger partial charge in [0.1, 0.15) is 18.2 Å². The molecule has 49 heavy (non-hydrogen) atoms. The summed E-state index contributed by atoms with van der Waals surface area (Å²) < 4.78 is 7.50. The molecule has 2 amide bonds. The molecule has 1 saturated heterocycles. The lowest BCUT2D eigenvalue weighted by molar-refractivity contribution is -0.133. The molecule has 7 rings (SSSR count). The number of carbonyl (C=O) groups is 2. The second kappa shape index (κ2) is 14.6. The van der Waals surface area contributed by atoms with Crippen molar-refractivity contribution in [1.82, 2.24) is 25.0 Å². The molecule has 2 aromatic heterocycles. The molecule has 0 spiro atoms. The Kier molecular flexibility index (Phi) is 9.70. The maximum atomic E-state index is 13.6. The summed E-state index contributed by atoms with van der Waals surface area (Å²) in [7, 11) is 0. The van der Waals surface area contributed by atoms with Gasteiger partial charge in [0.2, 0.25) is 5.91 Å². The summed E-state index contributed by atoms with van der Waals surface area (Å²) in [4.78, 5) is 45.2. The van der Waals surface area contributed by atoms with Crippen LogP contribution in [0.25, 0.3) is 16.7 Å². The maximum absolute atomic E-state index is 13.6. The molecule has 2 aliphatic rings. The molecule has 10 heteroatoms. The number of amides is 2. The van der Waals surface area contributed by atoms with E-state index < -0.39 is 5.91 Å². The second-order valence-electron chi connectivity index (χ2n) is 13.0. The Labute approximate surface area is 289 Å². The Hall–Kier alpha value is -5.02. The van der Waals surface area contributed by atoms with E-state index in [1.807, 2.05) is 29.2 Å². The van der Waals surface area contributed by atoms with Gasteiger partial charge < -0.3 is 14.6 Å². The van der Waals surface area contributed by atoms with Gasteiger partial charge >= 0.3 is 0 Å². The molecule has 1 saturated carbocycles. The number of nitrogens with one attached hydrogen (secondary N) is 1. The molecular weight excluding hydrogens is 638 g/mol. The largest absolute Gasteiger partial charge is 0.451 e. The van der Waals surface area contributed by atoms with E-state index in [9.17, 15) is 14.4 Å². The van der Waals surface area contributed by atoms with Crippen LogP contribution < -0.4 is 10.7 Å². The molecular formula is C39H38ClN5O4. The summed E-state index contributed by atoms with van der Waals surface area (Å²) in [5, 5.41) is 8.25. The molecule has 0 radical (unpaired) electrons. The second-order valence-corrected chi connectivity index (χ2v) is 13.4. The highest BCUT2D eigenvalue weighted by Gasteiger charge is 2.25. The number of allylic oxidation sites excluding steroid dienone is 1. The van der Waals surface area contributed by atoms with Crippen molar-refractivity contribution in [3.63, 3.8) is 0 Å². The average Bonchev–Trinajstić information content (AvgIpc) is 3.66. The summed E-state index contributed by atoms with van der Waals surface area (Å²) in [6, 6.07) is 22.2. The average molecular weight is 676 g/mol. The number of benzene rings is 3. The third-order valence-electron chi connectivity index (χ3n) is 9.65. The van der Waals surface area contributed by atoms with E-state index >= 15 is 0 Å². The zero-order chi connectivity index (χ0) is 33.7. The summed E-state index contributed by atoms with van der Waals surface area (Å²) in [6.07, 6.45) is 12.2. The van der Waals surface area contributed by atoms with Crippen LogP contribution in [0.1, 0.15) is 78.1 Å². The van der Waals surface area contributed by atoms with Crippen molar-refractivity contribution >= 4 is 34.4 Å². The van der Waals surface area contributed by atoms with E-state index in [1.165, 1.54) is 29.1 Å². The Morgan fingerprint density at radius 3 is 2.59 bits per heavy atom. The number of piperidine rings is 1. The molecule has 1 N–H and O–H groups in total. The summed E-state index contributed by atoms with van der Waals surface area (Å²) >= 11 is 6.16. The minimum Gasteiger partial charge on any atom is -0.451 e. The molecule has 0 bridgehead atoms. The SMILES string of the molecule is O=C(N[C@H](C=C1CCC(c2ccccc2CN2CCCCC2=O)CC1)Cc1ccc(Cl)cc1)c1cc(=O)c2cc(-n3cncn3)ccc2o1. The lowest BCUT2D eigenvalue weighted by Crippen LogP contribution is -2.36. The van der Waals surface area contributed by atoms with Crippen LogP contribution >= 0.6 is 11.6 Å². The summed E-state index contributed by atoms with van der Waals surface area (Å²) in [5.41, 5.74) is 5.57. The first-order valence-electron chi connectivity index (χ1n) is 16.9. The van der Waals surface area contributed by atoms with Crippen molar-refractivity contribution < 1.29 is 14.0 Å². The minimum absolute atomic E-state index is 0.0435. The molecule has 1 aliphatic heterocycles. The quantitative estimate of drug-likeness (QED) is 0.166. The van der Waals surface area contributed by atoms with Gasteiger partial charge in [0.15, 0.2) is 11.2 Å². The van der Waals surface area contributed by atoms with Crippen LogP contribution in [0.15, 0.2) is 106 Å². The number of rotatable bonds is 9. The molecule has 5 aromatic rings. The lowest BCUT2D eigenvalue weighted by Gasteiger charge is -2.31.